The molecule has 19 heavy (non-hydrogen) atoms. The molecule has 5 N–H and O–H groups in total. The number of benzene rings is 1. The van der Waals surface area contributed by atoms with Crippen LogP contribution in [0.3, 0.4) is 0 Å². The predicted octanol–water partition coefficient (Wildman–Crippen LogP) is 1.69. The third-order valence-electron chi connectivity index (χ3n) is 2.54. The van der Waals surface area contributed by atoms with Crippen molar-refractivity contribution in [1.29, 1.82) is 0 Å². The minimum Gasteiger partial charge on any atom is -0.505 e. The van der Waals surface area contributed by atoms with E-state index in [0.29, 0.717) is 5.75 Å². The van der Waals surface area contributed by atoms with Crippen LogP contribution in [0.5, 0.6) is 5.75 Å². The predicted molar refractivity (Wildman–Crippen MR) is 76.3 cm³/mol. The van der Waals surface area contributed by atoms with Gasteiger partial charge in [-0.3, -0.25) is 4.79 Å². The number of carbonyl (C=O) groups excluding carboxylic acids is 1. The lowest BCUT2D eigenvalue weighted by Crippen LogP contribution is -2.19. The van der Waals surface area contributed by atoms with E-state index in [2.05, 4.69) is 0 Å². The summed E-state index contributed by atoms with van der Waals surface area (Å²) in [6.07, 6.45) is -2.22. The van der Waals surface area contributed by atoms with Gasteiger partial charge in [0.25, 0.3) is 0 Å². The standard InChI is InChI=1S/C12H16ClNO4S/c1-6(15)19-3-2-10(16)12(18)8-4-7(13)5-9(14)11(8)17/h4-5,10,12,16-18H,2-3,14H2,1H3. The van der Waals surface area contributed by atoms with Crippen LogP contribution < -0.4 is 5.73 Å². The van der Waals surface area contributed by atoms with Crippen molar-refractivity contribution in [1.82, 2.24) is 0 Å². The minimum atomic E-state index is -1.31. The van der Waals surface area contributed by atoms with E-state index in [1.54, 1.807) is 0 Å². The maximum absolute atomic E-state index is 10.8. The van der Waals surface area contributed by atoms with Gasteiger partial charge in [-0.25, -0.2) is 0 Å². The Morgan fingerprint density at radius 1 is 1.47 bits per heavy atom. The number of aliphatic hydroxyl groups excluding tert-OH is 2. The molecule has 1 aromatic rings. The molecule has 106 valence electrons. The Balaban J connectivity index is 2.76. The molecule has 0 aliphatic rings. The highest BCUT2D eigenvalue weighted by Gasteiger charge is 2.23. The lowest BCUT2D eigenvalue weighted by molar-refractivity contribution is -0.109. The second-order valence-corrected chi connectivity index (χ2v) is 5.78. The van der Waals surface area contributed by atoms with Crippen molar-refractivity contribution in [3.8, 4) is 5.75 Å². The molecule has 1 rings (SSSR count). The summed E-state index contributed by atoms with van der Waals surface area (Å²) in [7, 11) is 0. The van der Waals surface area contributed by atoms with Gasteiger partial charge in [-0.2, -0.15) is 0 Å². The Morgan fingerprint density at radius 3 is 2.68 bits per heavy atom. The maximum Gasteiger partial charge on any atom is 0.185 e. The molecule has 0 radical (unpaired) electrons. The van der Waals surface area contributed by atoms with E-state index in [0.717, 1.165) is 11.8 Å². The molecular weight excluding hydrogens is 290 g/mol. The first-order valence-corrected chi connectivity index (χ1v) is 6.96. The summed E-state index contributed by atoms with van der Waals surface area (Å²) < 4.78 is 0. The number of aliphatic hydroxyl groups is 2. The highest BCUT2D eigenvalue weighted by Crippen LogP contribution is 2.35. The fourth-order valence-corrected chi connectivity index (χ4v) is 2.44. The average Bonchev–Trinajstić information content (AvgIpc) is 2.32. The van der Waals surface area contributed by atoms with Crippen LogP contribution in [0.15, 0.2) is 12.1 Å². The second kappa shape index (κ2) is 7.00. The van der Waals surface area contributed by atoms with Crippen LogP contribution in [0, 0.1) is 0 Å². The largest absolute Gasteiger partial charge is 0.505 e. The van der Waals surface area contributed by atoms with Crippen LogP contribution >= 0.6 is 23.4 Å². The molecular formula is C12H16ClNO4S. The molecule has 0 aliphatic heterocycles. The van der Waals surface area contributed by atoms with E-state index >= 15 is 0 Å². The highest BCUT2D eigenvalue weighted by molar-refractivity contribution is 8.13. The van der Waals surface area contributed by atoms with Crippen molar-refractivity contribution in [3.05, 3.63) is 22.7 Å². The number of nitrogens with two attached hydrogens (primary N) is 1. The van der Waals surface area contributed by atoms with Crippen LogP contribution in [0.4, 0.5) is 5.69 Å². The Morgan fingerprint density at radius 2 is 2.11 bits per heavy atom. The smallest absolute Gasteiger partial charge is 0.185 e. The quantitative estimate of drug-likeness (QED) is 0.487. The number of phenols is 1. The summed E-state index contributed by atoms with van der Waals surface area (Å²) in [6.45, 7) is 1.43. The first kappa shape index (κ1) is 16.1. The van der Waals surface area contributed by atoms with Crippen molar-refractivity contribution >= 4 is 34.2 Å². The zero-order valence-corrected chi connectivity index (χ0v) is 11.9. The summed E-state index contributed by atoms with van der Waals surface area (Å²) in [5.74, 6) is 0.0832. The Labute approximate surface area is 120 Å². The molecule has 1 aromatic carbocycles. The number of thioether (sulfide) groups is 1. The van der Waals surface area contributed by atoms with Crippen molar-refractivity contribution in [2.75, 3.05) is 11.5 Å². The molecule has 0 spiro atoms. The van der Waals surface area contributed by atoms with E-state index in [9.17, 15) is 20.1 Å². The third kappa shape index (κ3) is 4.58. The van der Waals surface area contributed by atoms with Crippen LogP contribution in [0.2, 0.25) is 5.02 Å². The number of anilines is 1. The average molecular weight is 306 g/mol. The van der Waals surface area contributed by atoms with Gasteiger partial charge < -0.3 is 21.1 Å². The van der Waals surface area contributed by atoms with Gasteiger partial charge in [0.15, 0.2) is 5.12 Å². The van der Waals surface area contributed by atoms with Crippen molar-refractivity contribution < 1.29 is 20.1 Å². The van der Waals surface area contributed by atoms with Crippen LogP contribution in [-0.4, -0.2) is 32.3 Å². The number of rotatable bonds is 5. The summed E-state index contributed by atoms with van der Waals surface area (Å²) in [4.78, 5) is 10.8. The number of carbonyl (C=O) groups is 1. The fraction of sp³-hybridized carbons (Fsp3) is 0.417. The molecule has 5 nitrogen and oxygen atoms in total. The molecule has 2 unspecified atom stereocenters. The van der Waals surface area contributed by atoms with E-state index < -0.39 is 12.2 Å². The number of hydrogen-bond donors (Lipinski definition) is 4. The molecule has 0 saturated carbocycles. The monoisotopic (exact) mass is 305 g/mol. The van der Waals surface area contributed by atoms with Crippen molar-refractivity contribution in [2.45, 2.75) is 25.6 Å². The van der Waals surface area contributed by atoms with Crippen molar-refractivity contribution in [2.24, 2.45) is 0 Å². The molecule has 2 atom stereocenters. The number of phenolic OH excluding ortho intramolecular Hbond substituents is 1. The van der Waals surface area contributed by atoms with Gasteiger partial charge in [-0.05, 0) is 18.6 Å². The first-order chi connectivity index (χ1) is 8.82. The van der Waals surface area contributed by atoms with Gasteiger partial charge >= 0.3 is 0 Å². The van der Waals surface area contributed by atoms with Gasteiger partial charge in [0.05, 0.1) is 11.8 Å². The number of aromatic hydroxyl groups is 1. The lowest BCUT2D eigenvalue weighted by atomic mass is 10.0. The normalized spacial score (nSPS) is 14.1. The van der Waals surface area contributed by atoms with E-state index in [4.69, 9.17) is 17.3 Å². The SMILES string of the molecule is CC(=O)SCCC(O)C(O)c1cc(Cl)cc(N)c1O. The molecule has 0 amide bonds. The van der Waals surface area contributed by atoms with E-state index in [1.165, 1.54) is 19.1 Å². The summed E-state index contributed by atoms with van der Waals surface area (Å²) in [6, 6.07) is 2.70. The van der Waals surface area contributed by atoms with Crippen molar-refractivity contribution in [3.63, 3.8) is 0 Å². The summed E-state index contributed by atoms with van der Waals surface area (Å²) in [5, 5.41) is 29.7. The molecule has 0 bridgehead atoms. The Bertz CT molecular complexity index is 469. The molecule has 7 heteroatoms. The zero-order valence-electron chi connectivity index (χ0n) is 10.3. The van der Waals surface area contributed by atoms with Gasteiger partial charge in [0, 0.05) is 23.3 Å². The lowest BCUT2D eigenvalue weighted by Gasteiger charge is -2.19. The third-order valence-corrected chi connectivity index (χ3v) is 3.60. The maximum atomic E-state index is 10.8. The Hall–Kier alpha value is -0.950. The van der Waals surface area contributed by atoms with Crippen LogP contribution in [0.25, 0.3) is 0 Å². The topological polar surface area (TPSA) is 104 Å². The molecule has 0 aromatic heterocycles. The molecule has 0 fully saturated rings. The van der Waals surface area contributed by atoms with Gasteiger partial charge in [0.2, 0.25) is 0 Å². The summed E-state index contributed by atoms with van der Waals surface area (Å²) in [5.41, 5.74) is 5.63. The first-order valence-electron chi connectivity index (χ1n) is 5.60. The van der Waals surface area contributed by atoms with Gasteiger partial charge in [-0.1, -0.05) is 23.4 Å². The van der Waals surface area contributed by atoms with E-state index in [-0.39, 0.29) is 33.6 Å². The Kier molecular flexibility index (Phi) is 5.93. The van der Waals surface area contributed by atoms with Crippen LogP contribution in [0.1, 0.15) is 25.0 Å². The minimum absolute atomic E-state index is 0.0341. The van der Waals surface area contributed by atoms with Gasteiger partial charge in [-0.15, -0.1) is 0 Å². The van der Waals surface area contributed by atoms with Crippen LogP contribution in [-0.2, 0) is 4.79 Å². The summed E-state index contributed by atoms with van der Waals surface area (Å²) >= 11 is 6.84. The molecule has 0 heterocycles. The van der Waals surface area contributed by atoms with Gasteiger partial charge in [0.1, 0.15) is 11.9 Å². The fourth-order valence-electron chi connectivity index (χ4n) is 1.56. The molecule has 0 aliphatic carbocycles. The molecule has 0 saturated heterocycles. The zero-order chi connectivity index (χ0) is 14.6. The second-order valence-electron chi connectivity index (χ2n) is 4.07. The number of halogens is 1. The number of nitrogen functional groups attached to an aromatic ring is 1. The number of hydrogen-bond acceptors (Lipinski definition) is 6. The highest BCUT2D eigenvalue weighted by atomic mass is 35.5. The van der Waals surface area contributed by atoms with E-state index in [1.807, 2.05) is 0 Å².